The van der Waals surface area contributed by atoms with E-state index in [1.165, 1.54) is 25.9 Å². The molecule has 0 aromatic rings. The highest BCUT2D eigenvalue weighted by molar-refractivity contribution is 6.53. The third-order valence-electron chi connectivity index (χ3n) is 4.02. The van der Waals surface area contributed by atoms with Crippen molar-refractivity contribution in [3.05, 3.63) is 0 Å². The van der Waals surface area contributed by atoms with Gasteiger partial charge in [-0.3, -0.25) is 0 Å². The normalized spacial score (nSPS) is 13.2. The van der Waals surface area contributed by atoms with Gasteiger partial charge in [-0.2, -0.15) is 0 Å². The molecule has 0 aromatic heterocycles. The number of nitrogens with zero attached hydrogens (tertiary/aromatic N) is 2. The maximum atomic E-state index is 2.61. The molecule has 0 rings (SSSR count). The van der Waals surface area contributed by atoms with Gasteiger partial charge in [0, 0.05) is 11.1 Å². The molecular weight excluding hydrogens is 242 g/mol. The van der Waals surface area contributed by atoms with Gasteiger partial charge in [0.2, 0.25) is 13.7 Å². The van der Waals surface area contributed by atoms with Crippen LogP contribution in [0.2, 0.25) is 27.3 Å². The highest BCUT2D eigenvalue weighted by Gasteiger charge is 2.26. The zero-order valence-electron chi connectivity index (χ0n) is 15.9. The fraction of sp³-hybridized carbons (Fsp3) is 1.00. The van der Waals surface area contributed by atoms with Crippen LogP contribution in [0, 0.1) is 0 Å². The van der Waals surface area contributed by atoms with E-state index < -0.39 is 0 Å². The zero-order valence-corrected chi connectivity index (χ0v) is 15.9. The average molecular weight is 280 g/mol. The van der Waals surface area contributed by atoms with E-state index in [1.807, 2.05) is 0 Å². The van der Waals surface area contributed by atoms with Crippen molar-refractivity contribution >= 4 is 13.7 Å². The largest absolute Gasteiger partial charge is 0.338 e. The molecule has 0 amide bonds. The third-order valence-corrected chi connectivity index (χ3v) is 4.02. The van der Waals surface area contributed by atoms with E-state index in [1.54, 1.807) is 0 Å². The molecule has 0 radical (unpaired) electrons. The molecule has 0 bridgehead atoms. The van der Waals surface area contributed by atoms with Crippen molar-refractivity contribution in [2.45, 2.75) is 92.8 Å². The molecule has 0 N–H and O–H groups in total. The molecule has 2 nitrogen and oxygen atoms in total. The number of unbranched alkanes of at least 4 members (excludes halogenated alkanes) is 1. The number of hydrogen-bond acceptors (Lipinski definition) is 2. The second kappa shape index (κ2) is 7.89. The monoisotopic (exact) mass is 280 g/mol. The summed E-state index contributed by atoms with van der Waals surface area (Å²) >= 11 is 0. The molecule has 0 atom stereocenters. The van der Waals surface area contributed by atoms with E-state index in [0.29, 0.717) is 13.7 Å². The van der Waals surface area contributed by atoms with Crippen molar-refractivity contribution in [1.29, 1.82) is 0 Å². The van der Waals surface area contributed by atoms with Gasteiger partial charge in [0.1, 0.15) is 0 Å². The Morgan fingerprint density at radius 2 is 0.850 bits per heavy atom. The summed E-state index contributed by atoms with van der Waals surface area (Å²) < 4.78 is 0. The molecule has 0 heterocycles. The van der Waals surface area contributed by atoms with Gasteiger partial charge in [-0.25, -0.2) is 0 Å². The molecule has 0 saturated carbocycles. The van der Waals surface area contributed by atoms with Crippen LogP contribution in [0.3, 0.4) is 0 Å². The topological polar surface area (TPSA) is 6.48 Å². The Kier molecular flexibility index (Phi) is 7.91. The molecule has 0 fully saturated rings. The molecule has 0 aliphatic carbocycles. The first kappa shape index (κ1) is 20.0. The summed E-state index contributed by atoms with van der Waals surface area (Å²) in [6.07, 6.45) is 2.57. The van der Waals surface area contributed by atoms with Crippen molar-refractivity contribution < 1.29 is 0 Å². The van der Waals surface area contributed by atoms with Crippen LogP contribution in [-0.2, 0) is 0 Å². The minimum absolute atomic E-state index is 0.274. The maximum Gasteiger partial charge on any atom is 0.217 e. The van der Waals surface area contributed by atoms with Gasteiger partial charge in [0.25, 0.3) is 0 Å². The summed E-state index contributed by atoms with van der Waals surface area (Å²) in [5, 5.41) is 0. The Hall–Kier alpha value is 0.0499. The standard InChI is InChI=1S/C16H38B2N2/c1-15(2,3)19(17(7)8)13-11-12-14-20(18(9)10)16(4,5)6/h11-14H2,1-10H3. The highest BCUT2D eigenvalue weighted by Crippen LogP contribution is 2.18. The van der Waals surface area contributed by atoms with Gasteiger partial charge in [-0.1, -0.05) is 27.3 Å². The number of hydrogen-bond donors (Lipinski definition) is 0. The average Bonchev–Trinajstić information content (AvgIpc) is 2.17. The second-order valence-electron chi connectivity index (χ2n) is 8.62. The van der Waals surface area contributed by atoms with Crippen LogP contribution < -0.4 is 0 Å². The number of rotatable bonds is 7. The van der Waals surface area contributed by atoms with Crippen LogP contribution in [0.25, 0.3) is 0 Å². The van der Waals surface area contributed by atoms with Crippen LogP contribution >= 0.6 is 0 Å². The lowest BCUT2D eigenvalue weighted by Gasteiger charge is -2.40. The Bertz CT molecular complexity index is 237. The predicted molar refractivity (Wildman–Crippen MR) is 97.1 cm³/mol. The summed E-state index contributed by atoms with van der Waals surface area (Å²) in [7, 11) is 0. The van der Waals surface area contributed by atoms with Crippen molar-refractivity contribution in [3.8, 4) is 0 Å². The van der Waals surface area contributed by atoms with Gasteiger partial charge in [-0.15, -0.1) is 0 Å². The molecule has 0 unspecified atom stereocenters. The molecule has 0 spiro atoms. The fourth-order valence-electron chi connectivity index (χ4n) is 3.30. The molecule has 0 aliphatic heterocycles. The van der Waals surface area contributed by atoms with Gasteiger partial charge in [-0.05, 0) is 67.5 Å². The predicted octanol–water partition coefficient (Wildman–Crippen LogP) is 4.47. The van der Waals surface area contributed by atoms with E-state index >= 15 is 0 Å². The van der Waals surface area contributed by atoms with Crippen molar-refractivity contribution in [2.75, 3.05) is 13.1 Å². The molecule has 20 heavy (non-hydrogen) atoms. The molecule has 4 heteroatoms. The Balaban J connectivity index is 4.30. The highest BCUT2D eigenvalue weighted by atomic mass is 15.1. The van der Waals surface area contributed by atoms with E-state index in [4.69, 9.17) is 0 Å². The second-order valence-corrected chi connectivity index (χ2v) is 8.62. The Labute approximate surface area is 129 Å². The van der Waals surface area contributed by atoms with Crippen molar-refractivity contribution in [3.63, 3.8) is 0 Å². The van der Waals surface area contributed by atoms with Gasteiger partial charge in [0.15, 0.2) is 0 Å². The summed E-state index contributed by atoms with van der Waals surface area (Å²) in [6, 6.07) is 0. The summed E-state index contributed by atoms with van der Waals surface area (Å²) in [4.78, 5) is 5.23. The van der Waals surface area contributed by atoms with E-state index in [9.17, 15) is 0 Å². The quantitative estimate of drug-likeness (QED) is 0.501. The van der Waals surface area contributed by atoms with E-state index in [0.717, 1.165) is 0 Å². The zero-order chi connectivity index (χ0) is 16.1. The first-order valence-electron chi connectivity index (χ1n) is 8.41. The van der Waals surface area contributed by atoms with Crippen LogP contribution in [0.15, 0.2) is 0 Å². The van der Waals surface area contributed by atoms with Crippen LogP contribution in [0.4, 0.5) is 0 Å². The van der Waals surface area contributed by atoms with Crippen molar-refractivity contribution in [1.82, 2.24) is 9.62 Å². The lowest BCUT2D eigenvalue weighted by molar-refractivity contribution is 0.222. The summed E-state index contributed by atoms with van der Waals surface area (Å²) in [5.74, 6) is 0. The van der Waals surface area contributed by atoms with Crippen LogP contribution in [0.1, 0.15) is 54.4 Å². The molecule has 0 aliphatic rings. The fourth-order valence-corrected chi connectivity index (χ4v) is 3.30. The lowest BCUT2D eigenvalue weighted by atomic mass is 9.63. The first-order chi connectivity index (χ1) is 8.87. The smallest absolute Gasteiger partial charge is 0.217 e. The first-order valence-corrected chi connectivity index (χ1v) is 8.41. The van der Waals surface area contributed by atoms with Gasteiger partial charge in [0.05, 0.1) is 0 Å². The summed E-state index contributed by atoms with van der Waals surface area (Å²) in [5.41, 5.74) is 0.547. The molecule has 118 valence electrons. The lowest BCUT2D eigenvalue weighted by Crippen LogP contribution is -2.50. The minimum atomic E-state index is 0.274. The van der Waals surface area contributed by atoms with Crippen LogP contribution in [-0.4, -0.2) is 47.5 Å². The van der Waals surface area contributed by atoms with Crippen LogP contribution in [0.5, 0.6) is 0 Å². The maximum absolute atomic E-state index is 2.61. The summed E-state index contributed by atoms with van der Waals surface area (Å²) in [6.45, 7) is 26.8. The van der Waals surface area contributed by atoms with Gasteiger partial charge < -0.3 is 9.62 Å². The van der Waals surface area contributed by atoms with E-state index in [-0.39, 0.29) is 11.1 Å². The third kappa shape index (κ3) is 7.17. The molecule has 0 aromatic carbocycles. The van der Waals surface area contributed by atoms with Gasteiger partial charge >= 0.3 is 0 Å². The van der Waals surface area contributed by atoms with Crippen molar-refractivity contribution in [2.24, 2.45) is 0 Å². The SMILES string of the molecule is CB(C)N(CCCCN(B(C)C)C(C)(C)C)C(C)(C)C. The van der Waals surface area contributed by atoms with E-state index in [2.05, 4.69) is 78.5 Å². The Morgan fingerprint density at radius 3 is 1.00 bits per heavy atom. The Morgan fingerprint density at radius 1 is 0.600 bits per heavy atom. The minimum Gasteiger partial charge on any atom is -0.338 e. The molecular formula is C16H38B2N2. The molecule has 0 saturated heterocycles.